The van der Waals surface area contributed by atoms with E-state index in [0.29, 0.717) is 25.6 Å². The van der Waals surface area contributed by atoms with Crippen LogP contribution in [0.4, 0.5) is 0 Å². The number of amides is 1. The number of carbonyl (C=O) groups is 1. The van der Waals surface area contributed by atoms with Crippen molar-refractivity contribution in [3.63, 3.8) is 0 Å². The SMILES string of the molecule is CCn1c(Cn2cncn2)nnc1C1CCN(C(=O)Cn2nccn2)CC1. The highest BCUT2D eigenvalue weighted by atomic mass is 16.2. The maximum Gasteiger partial charge on any atom is 0.246 e. The van der Waals surface area contributed by atoms with Crippen molar-refractivity contribution < 1.29 is 4.79 Å². The van der Waals surface area contributed by atoms with Gasteiger partial charge in [-0.2, -0.15) is 20.1 Å². The number of carbonyl (C=O) groups excluding carboxylic acids is 1. The number of hydrogen-bond acceptors (Lipinski definition) is 7. The van der Waals surface area contributed by atoms with Crippen LogP contribution in [0, 0.1) is 0 Å². The van der Waals surface area contributed by atoms with E-state index in [4.69, 9.17) is 0 Å². The quantitative estimate of drug-likeness (QED) is 0.597. The predicted molar refractivity (Wildman–Crippen MR) is 93.4 cm³/mol. The largest absolute Gasteiger partial charge is 0.341 e. The molecule has 4 heterocycles. The summed E-state index contributed by atoms with van der Waals surface area (Å²) in [5.74, 6) is 2.22. The van der Waals surface area contributed by atoms with Gasteiger partial charge in [-0.1, -0.05) is 0 Å². The molecule has 0 atom stereocenters. The molecule has 0 unspecified atom stereocenters. The summed E-state index contributed by atoms with van der Waals surface area (Å²) in [5, 5.41) is 20.9. The van der Waals surface area contributed by atoms with E-state index < -0.39 is 0 Å². The molecule has 0 saturated carbocycles. The Labute approximate surface area is 156 Å². The molecule has 0 N–H and O–H groups in total. The molecule has 3 aromatic rings. The zero-order valence-corrected chi connectivity index (χ0v) is 15.2. The second-order valence-corrected chi connectivity index (χ2v) is 6.53. The molecule has 1 saturated heterocycles. The summed E-state index contributed by atoms with van der Waals surface area (Å²) in [6, 6.07) is 0. The predicted octanol–water partition coefficient (Wildman–Crippen LogP) is -0.0645. The first-order valence-corrected chi connectivity index (χ1v) is 9.11. The number of nitrogens with zero attached hydrogens (tertiary/aromatic N) is 10. The lowest BCUT2D eigenvalue weighted by Crippen LogP contribution is -2.40. The monoisotopic (exact) mass is 370 g/mol. The molecule has 1 aliphatic heterocycles. The van der Waals surface area contributed by atoms with Crippen molar-refractivity contribution in [3.05, 3.63) is 36.7 Å². The smallest absolute Gasteiger partial charge is 0.246 e. The summed E-state index contributed by atoms with van der Waals surface area (Å²) >= 11 is 0. The Hall–Kier alpha value is -3.11. The van der Waals surface area contributed by atoms with E-state index in [1.807, 2.05) is 4.90 Å². The van der Waals surface area contributed by atoms with Crippen molar-refractivity contribution in [2.75, 3.05) is 13.1 Å². The summed E-state index contributed by atoms with van der Waals surface area (Å²) in [4.78, 5) is 19.7. The normalized spacial score (nSPS) is 15.4. The van der Waals surface area contributed by atoms with E-state index >= 15 is 0 Å². The molecule has 27 heavy (non-hydrogen) atoms. The number of aromatic nitrogens is 9. The van der Waals surface area contributed by atoms with Crippen LogP contribution in [0.1, 0.15) is 37.3 Å². The van der Waals surface area contributed by atoms with Gasteiger partial charge in [-0.25, -0.2) is 9.67 Å². The van der Waals surface area contributed by atoms with Crippen LogP contribution in [0.3, 0.4) is 0 Å². The Morgan fingerprint density at radius 3 is 2.59 bits per heavy atom. The minimum absolute atomic E-state index is 0.0495. The zero-order chi connectivity index (χ0) is 18.6. The van der Waals surface area contributed by atoms with Crippen LogP contribution in [-0.4, -0.2) is 68.4 Å². The molecule has 0 aliphatic carbocycles. The molecular weight excluding hydrogens is 348 g/mol. The van der Waals surface area contributed by atoms with Crippen molar-refractivity contribution in [1.29, 1.82) is 0 Å². The summed E-state index contributed by atoms with van der Waals surface area (Å²) in [6.07, 6.45) is 8.09. The van der Waals surface area contributed by atoms with Gasteiger partial charge in [0.15, 0.2) is 5.82 Å². The third-order valence-corrected chi connectivity index (χ3v) is 4.90. The van der Waals surface area contributed by atoms with Crippen molar-refractivity contribution in [3.8, 4) is 0 Å². The Morgan fingerprint density at radius 2 is 1.93 bits per heavy atom. The molecule has 0 radical (unpaired) electrons. The molecule has 11 heteroatoms. The van der Waals surface area contributed by atoms with Gasteiger partial charge in [0.05, 0.1) is 12.4 Å². The summed E-state index contributed by atoms with van der Waals surface area (Å²) in [7, 11) is 0. The van der Waals surface area contributed by atoms with Gasteiger partial charge in [-0.3, -0.25) is 4.79 Å². The Morgan fingerprint density at radius 1 is 1.15 bits per heavy atom. The molecular formula is C16H22N10O. The number of hydrogen-bond donors (Lipinski definition) is 0. The fraction of sp³-hybridized carbons (Fsp3) is 0.562. The van der Waals surface area contributed by atoms with E-state index in [-0.39, 0.29) is 12.5 Å². The molecule has 1 aliphatic rings. The molecule has 1 amide bonds. The highest BCUT2D eigenvalue weighted by Crippen LogP contribution is 2.27. The van der Waals surface area contributed by atoms with Gasteiger partial charge in [-0.05, 0) is 19.8 Å². The second-order valence-electron chi connectivity index (χ2n) is 6.53. The topological polar surface area (TPSA) is 112 Å². The fourth-order valence-corrected chi connectivity index (χ4v) is 3.51. The van der Waals surface area contributed by atoms with Crippen LogP contribution in [0.2, 0.25) is 0 Å². The average Bonchev–Trinajstić information content (AvgIpc) is 3.44. The molecule has 0 aromatic carbocycles. The van der Waals surface area contributed by atoms with Crippen molar-refractivity contribution in [1.82, 2.24) is 49.4 Å². The lowest BCUT2D eigenvalue weighted by Gasteiger charge is -2.31. The van der Waals surface area contributed by atoms with Crippen LogP contribution in [0.15, 0.2) is 25.0 Å². The van der Waals surface area contributed by atoms with E-state index in [9.17, 15) is 4.79 Å². The maximum atomic E-state index is 12.4. The van der Waals surface area contributed by atoms with E-state index in [1.54, 1.807) is 23.4 Å². The number of rotatable bonds is 6. The van der Waals surface area contributed by atoms with E-state index in [2.05, 4.69) is 42.0 Å². The Balaban J connectivity index is 1.39. The van der Waals surface area contributed by atoms with Gasteiger partial charge in [0.25, 0.3) is 0 Å². The lowest BCUT2D eigenvalue weighted by molar-refractivity contribution is -0.133. The van der Waals surface area contributed by atoms with Crippen LogP contribution in [0.5, 0.6) is 0 Å². The van der Waals surface area contributed by atoms with Gasteiger partial charge in [0, 0.05) is 25.6 Å². The van der Waals surface area contributed by atoms with Gasteiger partial charge in [0.2, 0.25) is 5.91 Å². The Kier molecular flexibility index (Phi) is 4.90. The van der Waals surface area contributed by atoms with Crippen LogP contribution in [-0.2, 0) is 24.4 Å². The molecule has 4 rings (SSSR count). The van der Waals surface area contributed by atoms with Gasteiger partial charge in [-0.15, -0.1) is 10.2 Å². The first-order valence-electron chi connectivity index (χ1n) is 9.11. The van der Waals surface area contributed by atoms with Gasteiger partial charge in [0.1, 0.15) is 31.6 Å². The minimum Gasteiger partial charge on any atom is -0.341 e. The van der Waals surface area contributed by atoms with Crippen LogP contribution >= 0.6 is 0 Å². The summed E-state index contributed by atoms with van der Waals surface area (Å²) in [5.41, 5.74) is 0. The molecule has 1 fully saturated rings. The Bertz CT molecular complexity index is 861. The highest BCUT2D eigenvalue weighted by Gasteiger charge is 2.28. The highest BCUT2D eigenvalue weighted by molar-refractivity contribution is 5.75. The number of piperidine rings is 1. The summed E-state index contributed by atoms with van der Waals surface area (Å²) < 4.78 is 3.89. The number of likely N-dealkylation sites (tertiary alicyclic amines) is 1. The first kappa shape index (κ1) is 17.3. The average molecular weight is 370 g/mol. The van der Waals surface area contributed by atoms with E-state index in [1.165, 1.54) is 11.1 Å². The van der Waals surface area contributed by atoms with Crippen molar-refractivity contribution >= 4 is 5.91 Å². The van der Waals surface area contributed by atoms with Crippen molar-refractivity contribution in [2.45, 2.75) is 45.3 Å². The standard InChI is InChI=1S/C16H22N10O/c1-2-25-14(9-24-12-17-11-20-24)21-22-16(25)13-3-7-23(8-4-13)15(27)10-26-18-5-6-19-26/h5-6,11-13H,2-4,7-10H2,1H3. The van der Waals surface area contributed by atoms with E-state index in [0.717, 1.165) is 31.0 Å². The lowest BCUT2D eigenvalue weighted by atomic mass is 9.95. The molecule has 142 valence electrons. The zero-order valence-electron chi connectivity index (χ0n) is 15.2. The van der Waals surface area contributed by atoms with Crippen LogP contribution < -0.4 is 0 Å². The minimum atomic E-state index is 0.0495. The third kappa shape index (κ3) is 3.71. The van der Waals surface area contributed by atoms with Gasteiger partial charge >= 0.3 is 0 Å². The molecule has 0 spiro atoms. The molecule has 11 nitrogen and oxygen atoms in total. The van der Waals surface area contributed by atoms with Crippen LogP contribution in [0.25, 0.3) is 0 Å². The molecule has 0 bridgehead atoms. The van der Waals surface area contributed by atoms with Crippen molar-refractivity contribution in [2.24, 2.45) is 0 Å². The second kappa shape index (κ2) is 7.64. The molecule has 3 aromatic heterocycles. The first-order chi connectivity index (χ1) is 13.2. The fourth-order valence-electron chi connectivity index (χ4n) is 3.51. The van der Waals surface area contributed by atoms with Gasteiger partial charge < -0.3 is 9.47 Å². The third-order valence-electron chi connectivity index (χ3n) is 4.90. The maximum absolute atomic E-state index is 12.4. The summed E-state index contributed by atoms with van der Waals surface area (Å²) in [6.45, 7) is 5.04.